The number of morpholine rings is 1. The number of hydrogen-bond donors (Lipinski definition) is 0. The Balaban J connectivity index is 1.88. The van der Waals surface area contributed by atoms with Gasteiger partial charge in [-0.1, -0.05) is 12.1 Å². The number of likely N-dealkylation sites (N-methyl/N-ethyl adjacent to an activating group) is 1. The number of methoxy groups -OCH3 is 2. The molecule has 0 aromatic heterocycles. The van der Waals surface area contributed by atoms with Crippen molar-refractivity contribution in [3.8, 4) is 11.5 Å². The first kappa shape index (κ1) is 22.5. The molecule has 32 heavy (non-hydrogen) atoms. The van der Waals surface area contributed by atoms with Crippen LogP contribution in [-0.4, -0.2) is 75.4 Å². The Morgan fingerprint density at radius 1 is 1.06 bits per heavy atom. The number of ether oxygens (including phenoxy) is 3. The third-order valence-corrected chi connectivity index (χ3v) is 6.96. The van der Waals surface area contributed by atoms with Gasteiger partial charge in [0.05, 0.1) is 39.4 Å². The van der Waals surface area contributed by atoms with Crippen LogP contribution >= 0.6 is 11.8 Å². The highest BCUT2D eigenvalue weighted by Crippen LogP contribution is 2.46. The molecule has 2 aromatic carbocycles. The smallest absolute Gasteiger partial charge is 0.254 e. The molecule has 8 heteroatoms. The molecule has 0 N–H and O–H groups in total. The van der Waals surface area contributed by atoms with Gasteiger partial charge in [-0.2, -0.15) is 0 Å². The van der Waals surface area contributed by atoms with Gasteiger partial charge in [0.25, 0.3) is 5.91 Å². The van der Waals surface area contributed by atoms with Crippen molar-refractivity contribution in [1.82, 2.24) is 9.80 Å². The minimum absolute atomic E-state index is 0.0138. The van der Waals surface area contributed by atoms with Crippen molar-refractivity contribution in [3.63, 3.8) is 0 Å². The summed E-state index contributed by atoms with van der Waals surface area (Å²) in [7, 11) is 4.85. The second kappa shape index (κ2) is 9.42. The van der Waals surface area contributed by atoms with Gasteiger partial charge < -0.3 is 24.0 Å². The Morgan fingerprint density at radius 2 is 1.69 bits per heavy atom. The number of rotatable bonds is 5. The predicted octanol–water partition coefficient (Wildman–Crippen LogP) is 3.20. The first-order valence-corrected chi connectivity index (χ1v) is 11.8. The quantitative estimate of drug-likeness (QED) is 0.644. The zero-order valence-corrected chi connectivity index (χ0v) is 19.6. The first-order valence-electron chi connectivity index (χ1n) is 10.5. The Morgan fingerprint density at radius 3 is 2.28 bits per heavy atom. The summed E-state index contributed by atoms with van der Waals surface area (Å²) in [4.78, 5) is 31.9. The fourth-order valence-corrected chi connectivity index (χ4v) is 4.92. The van der Waals surface area contributed by atoms with Crippen molar-refractivity contribution in [3.05, 3.63) is 53.1 Å². The molecule has 2 aliphatic heterocycles. The van der Waals surface area contributed by atoms with Crippen LogP contribution in [0.3, 0.4) is 0 Å². The molecule has 0 radical (unpaired) electrons. The minimum atomic E-state index is -0.564. The average molecular weight is 457 g/mol. The molecule has 2 atom stereocenters. The Bertz CT molecular complexity index is 1000. The second-order valence-electron chi connectivity index (χ2n) is 7.84. The van der Waals surface area contributed by atoms with E-state index in [0.717, 1.165) is 10.5 Å². The first-order chi connectivity index (χ1) is 15.5. The van der Waals surface area contributed by atoms with E-state index in [4.69, 9.17) is 14.2 Å². The molecular weight excluding hydrogens is 428 g/mol. The van der Waals surface area contributed by atoms with E-state index in [-0.39, 0.29) is 11.8 Å². The normalized spacial score (nSPS) is 20.7. The van der Waals surface area contributed by atoms with E-state index in [1.807, 2.05) is 35.4 Å². The highest BCUT2D eigenvalue weighted by atomic mass is 32.2. The SMILES string of the molecule is COc1cc2c(cc1OC)[C@@H](C(=O)N1CCOCC1)[C@H](c1ccc(SC)cc1)N(C)C2=O. The lowest BCUT2D eigenvalue weighted by molar-refractivity contribution is -0.138. The molecule has 170 valence electrons. The number of carbonyl (C=O) groups is 2. The van der Waals surface area contributed by atoms with Crippen LogP contribution in [0.5, 0.6) is 11.5 Å². The number of carbonyl (C=O) groups excluding carboxylic acids is 2. The lowest BCUT2D eigenvalue weighted by atomic mass is 9.78. The zero-order valence-electron chi connectivity index (χ0n) is 18.8. The molecule has 1 saturated heterocycles. The molecule has 2 heterocycles. The maximum absolute atomic E-state index is 13.9. The van der Waals surface area contributed by atoms with E-state index in [0.29, 0.717) is 48.9 Å². The largest absolute Gasteiger partial charge is 0.493 e. The van der Waals surface area contributed by atoms with Gasteiger partial charge in [-0.15, -0.1) is 11.8 Å². The fourth-order valence-electron chi connectivity index (χ4n) is 4.51. The van der Waals surface area contributed by atoms with Crippen LogP contribution in [-0.2, 0) is 9.53 Å². The molecule has 1 fully saturated rings. The Kier molecular flexibility index (Phi) is 6.62. The van der Waals surface area contributed by atoms with Crippen molar-refractivity contribution in [2.75, 3.05) is 53.8 Å². The third-order valence-electron chi connectivity index (χ3n) is 6.22. The molecule has 0 aliphatic carbocycles. The van der Waals surface area contributed by atoms with Gasteiger partial charge in [0.1, 0.15) is 0 Å². The summed E-state index contributed by atoms with van der Waals surface area (Å²) >= 11 is 1.65. The van der Waals surface area contributed by atoms with E-state index in [2.05, 4.69) is 0 Å². The van der Waals surface area contributed by atoms with Crippen molar-refractivity contribution in [1.29, 1.82) is 0 Å². The van der Waals surface area contributed by atoms with E-state index >= 15 is 0 Å². The van der Waals surface area contributed by atoms with Crippen LogP contribution in [0.15, 0.2) is 41.3 Å². The highest BCUT2D eigenvalue weighted by Gasteiger charge is 2.45. The van der Waals surface area contributed by atoms with Gasteiger partial charge in [0.15, 0.2) is 11.5 Å². The van der Waals surface area contributed by atoms with Crippen molar-refractivity contribution >= 4 is 23.6 Å². The van der Waals surface area contributed by atoms with Crippen LogP contribution in [0.4, 0.5) is 0 Å². The summed E-state index contributed by atoms with van der Waals surface area (Å²) in [5.41, 5.74) is 2.06. The fraction of sp³-hybridized carbons (Fsp3) is 0.417. The van der Waals surface area contributed by atoms with Gasteiger partial charge in [0, 0.05) is 30.6 Å². The lowest BCUT2D eigenvalue weighted by Gasteiger charge is -2.42. The van der Waals surface area contributed by atoms with E-state index in [9.17, 15) is 9.59 Å². The topological polar surface area (TPSA) is 68.3 Å². The summed E-state index contributed by atoms with van der Waals surface area (Å²) in [6.07, 6.45) is 2.02. The zero-order chi connectivity index (χ0) is 22.8. The van der Waals surface area contributed by atoms with Crippen LogP contribution in [0.25, 0.3) is 0 Å². The third kappa shape index (κ3) is 3.93. The molecule has 0 spiro atoms. The summed E-state index contributed by atoms with van der Waals surface area (Å²) in [5, 5.41) is 0. The van der Waals surface area contributed by atoms with Gasteiger partial charge in [-0.3, -0.25) is 9.59 Å². The van der Waals surface area contributed by atoms with Gasteiger partial charge >= 0.3 is 0 Å². The number of nitrogens with zero attached hydrogens (tertiary/aromatic N) is 2. The van der Waals surface area contributed by atoms with Crippen LogP contribution < -0.4 is 9.47 Å². The molecule has 4 rings (SSSR count). The molecule has 2 aromatic rings. The Hall–Kier alpha value is -2.71. The average Bonchev–Trinajstić information content (AvgIpc) is 2.85. The monoisotopic (exact) mass is 456 g/mol. The number of hydrogen-bond acceptors (Lipinski definition) is 6. The summed E-state index contributed by atoms with van der Waals surface area (Å²) in [6, 6.07) is 11.1. The maximum atomic E-state index is 13.9. The minimum Gasteiger partial charge on any atom is -0.493 e. The number of thioether (sulfide) groups is 1. The van der Waals surface area contributed by atoms with E-state index in [1.54, 1.807) is 43.0 Å². The van der Waals surface area contributed by atoms with Crippen molar-refractivity contribution < 1.29 is 23.8 Å². The molecule has 0 bridgehead atoms. The number of benzene rings is 2. The predicted molar refractivity (Wildman–Crippen MR) is 123 cm³/mol. The summed E-state index contributed by atoms with van der Waals surface area (Å²) in [6.45, 7) is 2.10. The van der Waals surface area contributed by atoms with Crippen molar-refractivity contribution in [2.24, 2.45) is 0 Å². The Labute approximate surface area is 192 Å². The van der Waals surface area contributed by atoms with Gasteiger partial charge in [-0.05, 0) is 41.6 Å². The van der Waals surface area contributed by atoms with E-state index in [1.165, 1.54) is 7.11 Å². The summed E-state index contributed by atoms with van der Waals surface area (Å²) < 4.78 is 16.4. The highest BCUT2D eigenvalue weighted by molar-refractivity contribution is 7.98. The van der Waals surface area contributed by atoms with Crippen molar-refractivity contribution in [2.45, 2.75) is 16.9 Å². The van der Waals surface area contributed by atoms with Crippen LogP contribution in [0.1, 0.15) is 33.4 Å². The molecule has 0 unspecified atom stereocenters. The van der Waals surface area contributed by atoms with Gasteiger partial charge in [-0.25, -0.2) is 0 Å². The second-order valence-corrected chi connectivity index (χ2v) is 8.72. The molecule has 2 aliphatic rings. The van der Waals surface area contributed by atoms with Crippen LogP contribution in [0, 0.1) is 0 Å². The molecule has 0 saturated carbocycles. The molecule has 2 amide bonds. The lowest BCUT2D eigenvalue weighted by Crippen LogP contribution is -2.49. The molecule has 7 nitrogen and oxygen atoms in total. The van der Waals surface area contributed by atoms with Crippen LogP contribution in [0.2, 0.25) is 0 Å². The number of amides is 2. The standard InChI is InChI=1S/C24H28N2O5S/c1-25-22(15-5-7-16(32-4)8-6-15)21(24(28)26-9-11-31-12-10-26)17-13-19(29-2)20(30-3)14-18(17)23(25)27/h5-8,13-14,21-22H,9-12H2,1-4H3/t21-,22+/m1/s1. The molecular formula is C24H28N2O5S. The maximum Gasteiger partial charge on any atom is 0.254 e. The summed E-state index contributed by atoms with van der Waals surface area (Å²) in [5.74, 6) is 0.241. The van der Waals surface area contributed by atoms with E-state index < -0.39 is 12.0 Å². The number of fused-ring (bicyclic) bond motifs is 1. The van der Waals surface area contributed by atoms with Gasteiger partial charge in [0.2, 0.25) is 5.91 Å².